The lowest BCUT2D eigenvalue weighted by Gasteiger charge is -2.32. The SMILES string of the molecule is CC(=O)NCC(=Cc1ccc2nc(C)oc2c1)B1OC(C)(C)C(C)(C)O1. The molecule has 138 valence electrons. The van der Waals surface area contributed by atoms with Gasteiger partial charge in [-0.3, -0.25) is 4.79 Å². The molecule has 1 aromatic heterocycles. The molecule has 1 aromatic carbocycles. The number of nitrogens with one attached hydrogen (secondary N) is 1. The van der Waals surface area contributed by atoms with Crippen LogP contribution >= 0.6 is 0 Å². The fraction of sp³-hybridized carbons (Fsp3) is 0.474. The first kappa shape index (κ1) is 18.7. The Morgan fingerprint density at radius 3 is 2.50 bits per heavy atom. The monoisotopic (exact) mass is 356 g/mol. The van der Waals surface area contributed by atoms with Crippen molar-refractivity contribution in [3.05, 3.63) is 35.1 Å². The molecule has 1 N–H and O–H groups in total. The Bertz CT molecular complexity index is 854. The van der Waals surface area contributed by atoms with Gasteiger partial charge in [-0.1, -0.05) is 12.1 Å². The zero-order chi connectivity index (χ0) is 19.1. The summed E-state index contributed by atoms with van der Waals surface area (Å²) in [5.41, 5.74) is 2.43. The molecule has 1 amide bonds. The summed E-state index contributed by atoms with van der Waals surface area (Å²) < 4.78 is 17.9. The molecule has 0 atom stereocenters. The van der Waals surface area contributed by atoms with Gasteiger partial charge in [0.25, 0.3) is 0 Å². The maximum absolute atomic E-state index is 11.4. The van der Waals surface area contributed by atoms with Gasteiger partial charge in [-0.05, 0) is 50.9 Å². The maximum atomic E-state index is 11.4. The fourth-order valence-electron chi connectivity index (χ4n) is 2.78. The van der Waals surface area contributed by atoms with Crippen LogP contribution in [0.15, 0.2) is 28.1 Å². The van der Waals surface area contributed by atoms with E-state index >= 15 is 0 Å². The van der Waals surface area contributed by atoms with Crippen molar-refractivity contribution in [2.24, 2.45) is 0 Å². The Labute approximate surface area is 154 Å². The molecule has 0 bridgehead atoms. The highest BCUT2D eigenvalue weighted by atomic mass is 16.7. The number of benzene rings is 1. The molecule has 6 nitrogen and oxygen atoms in total. The lowest BCUT2D eigenvalue weighted by atomic mass is 9.77. The average Bonchev–Trinajstić information content (AvgIpc) is 2.98. The standard InChI is InChI=1S/C19H25BN2O4/c1-12(23)21-11-15(20-25-18(3,4)19(5,6)26-20)9-14-7-8-16-17(10-14)24-13(2)22-16/h7-10H,11H2,1-6H3,(H,21,23). The van der Waals surface area contributed by atoms with Gasteiger partial charge in [0.2, 0.25) is 5.91 Å². The predicted molar refractivity (Wildman–Crippen MR) is 101 cm³/mol. The Hall–Kier alpha value is -2.12. The van der Waals surface area contributed by atoms with Crippen molar-refractivity contribution >= 4 is 30.2 Å². The molecule has 26 heavy (non-hydrogen) atoms. The van der Waals surface area contributed by atoms with Crippen molar-refractivity contribution in [2.45, 2.75) is 52.7 Å². The van der Waals surface area contributed by atoms with E-state index in [1.807, 2.05) is 58.9 Å². The maximum Gasteiger partial charge on any atom is 0.492 e. The quantitative estimate of drug-likeness (QED) is 0.851. The first-order valence-electron chi connectivity index (χ1n) is 8.75. The van der Waals surface area contributed by atoms with Gasteiger partial charge in [0.05, 0.1) is 11.2 Å². The molecule has 0 unspecified atom stereocenters. The summed E-state index contributed by atoms with van der Waals surface area (Å²) in [7, 11) is -0.529. The van der Waals surface area contributed by atoms with Gasteiger partial charge in [0.1, 0.15) is 5.52 Å². The van der Waals surface area contributed by atoms with E-state index in [0.29, 0.717) is 12.4 Å². The average molecular weight is 356 g/mol. The molecule has 7 heteroatoms. The van der Waals surface area contributed by atoms with Crippen LogP contribution in [0, 0.1) is 6.92 Å². The Kier molecular flexibility index (Phi) is 4.71. The fourth-order valence-corrected chi connectivity index (χ4v) is 2.78. The number of hydrogen-bond acceptors (Lipinski definition) is 5. The van der Waals surface area contributed by atoms with E-state index in [1.165, 1.54) is 6.92 Å². The highest BCUT2D eigenvalue weighted by Crippen LogP contribution is 2.38. The van der Waals surface area contributed by atoms with Gasteiger partial charge in [0.15, 0.2) is 11.5 Å². The Morgan fingerprint density at radius 1 is 1.23 bits per heavy atom. The number of amides is 1. The molecule has 2 heterocycles. The molecular formula is C19H25BN2O4. The number of aromatic nitrogens is 1. The smallest absolute Gasteiger partial charge is 0.441 e. The molecule has 1 aliphatic rings. The molecule has 0 spiro atoms. The number of carbonyl (C=O) groups is 1. The Balaban J connectivity index is 1.94. The van der Waals surface area contributed by atoms with Crippen LogP contribution in [0.3, 0.4) is 0 Å². The van der Waals surface area contributed by atoms with Crippen LogP contribution < -0.4 is 5.32 Å². The van der Waals surface area contributed by atoms with Crippen LogP contribution in [0.5, 0.6) is 0 Å². The second-order valence-corrected chi connectivity index (χ2v) is 7.68. The summed E-state index contributed by atoms with van der Waals surface area (Å²) in [6.45, 7) is 11.7. The van der Waals surface area contributed by atoms with E-state index in [1.54, 1.807) is 0 Å². The summed E-state index contributed by atoms with van der Waals surface area (Å²) in [5, 5.41) is 2.84. The van der Waals surface area contributed by atoms with Gasteiger partial charge in [0, 0.05) is 20.4 Å². The lowest BCUT2D eigenvalue weighted by Crippen LogP contribution is -2.41. The highest BCUT2D eigenvalue weighted by Gasteiger charge is 2.52. The molecule has 2 aromatic rings. The van der Waals surface area contributed by atoms with Crippen molar-refractivity contribution < 1.29 is 18.5 Å². The second-order valence-electron chi connectivity index (χ2n) is 7.68. The van der Waals surface area contributed by atoms with Gasteiger partial charge >= 0.3 is 7.12 Å². The minimum atomic E-state index is -0.529. The predicted octanol–water partition coefficient (Wildman–Crippen LogP) is 3.29. The number of carbonyl (C=O) groups excluding carboxylic acids is 1. The van der Waals surface area contributed by atoms with Crippen molar-refractivity contribution in [1.82, 2.24) is 10.3 Å². The second kappa shape index (κ2) is 6.56. The number of nitrogens with zero attached hydrogens (tertiary/aromatic N) is 1. The zero-order valence-electron chi connectivity index (χ0n) is 16.2. The number of aryl methyl sites for hydroxylation is 1. The summed E-state index contributed by atoms with van der Waals surface area (Å²) in [6.07, 6.45) is 1.97. The van der Waals surface area contributed by atoms with Gasteiger partial charge in [-0.15, -0.1) is 0 Å². The lowest BCUT2D eigenvalue weighted by molar-refractivity contribution is -0.118. The van der Waals surface area contributed by atoms with Gasteiger partial charge in [-0.2, -0.15) is 0 Å². The molecule has 1 saturated heterocycles. The molecule has 1 fully saturated rings. The first-order chi connectivity index (χ1) is 12.1. The van der Waals surface area contributed by atoms with Crippen LogP contribution in [-0.4, -0.2) is 35.8 Å². The normalized spacial score (nSPS) is 19.2. The van der Waals surface area contributed by atoms with Crippen LogP contribution in [0.2, 0.25) is 0 Å². The van der Waals surface area contributed by atoms with E-state index in [4.69, 9.17) is 13.7 Å². The summed E-state index contributed by atoms with van der Waals surface area (Å²) in [6, 6.07) is 5.80. The van der Waals surface area contributed by atoms with E-state index in [9.17, 15) is 4.79 Å². The number of rotatable bonds is 4. The molecule has 3 rings (SSSR count). The Morgan fingerprint density at radius 2 is 1.88 bits per heavy atom. The van der Waals surface area contributed by atoms with Gasteiger partial charge in [-0.25, -0.2) is 4.98 Å². The molecular weight excluding hydrogens is 331 g/mol. The molecule has 0 radical (unpaired) electrons. The van der Waals surface area contributed by atoms with E-state index in [2.05, 4.69) is 10.3 Å². The molecule has 0 aliphatic carbocycles. The van der Waals surface area contributed by atoms with E-state index < -0.39 is 18.3 Å². The van der Waals surface area contributed by atoms with Crippen molar-refractivity contribution in [1.29, 1.82) is 0 Å². The van der Waals surface area contributed by atoms with Gasteiger partial charge < -0.3 is 19.0 Å². The molecule has 0 saturated carbocycles. The highest BCUT2D eigenvalue weighted by molar-refractivity contribution is 6.56. The summed E-state index contributed by atoms with van der Waals surface area (Å²) in [4.78, 5) is 15.7. The topological polar surface area (TPSA) is 73.6 Å². The van der Waals surface area contributed by atoms with Crippen LogP contribution in [0.4, 0.5) is 0 Å². The minimum absolute atomic E-state index is 0.103. The number of oxazole rings is 1. The van der Waals surface area contributed by atoms with Crippen molar-refractivity contribution in [2.75, 3.05) is 6.54 Å². The van der Waals surface area contributed by atoms with Crippen molar-refractivity contribution in [3.63, 3.8) is 0 Å². The zero-order valence-corrected chi connectivity index (χ0v) is 16.2. The van der Waals surface area contributed by atoms with Crippen LogP contribution in [0.25, 0.3) is 17.2 Å². The third-order valence-electron chi connectivity index (χ3n) is 4.97. The van der Waals surface area contributed by atoms with E-state index in [0.717, 1.165) is 22.1 Å². The number of fused-ring (bicyclic) bond motifs is 1. The summed E-state index contributed by atoms with van der Waals surface area (Å²) >= 11 is 0. The summed E-state index contributed by atoms with van der Waals surface area (Å²) in [5.74, 6) is 0.527. The largest absolute Gasteiger partial charge is 0.492 e. The van der Waals surface area contributed by atoms with Crippen molar-refractivity contribution in [3.8, 4) is 0 Å². The van der Waals surface area contributed by atoms with Crippen LogP contribution in [-0.2, 0) is 14.1 Å². The third kappa shape index (κ3) is 3.69. The van der Waals surface area contributed by atoms with E-state index in [-0.39, 0.29) is 5.91 Å². The van der Waals surface area contributed by atoms with Crippen LogP contribution in [0.1, 0.15) is 46.1 Å². The first-order valence-corrected chi connectivity index (χ1v) is 8.75. The third-order valence-corrected chi connectivity index (χ3v) is 4.97. The molecule has 1 aliphatic heterocycles. The minimum Gasteiger partial charge on any atom is -0.441 e. The number of hydrogen-bond donors (Lipinski definition) is 1.